The number of benzene rings is 1. The molecule has 0 aliphatic heterocycles. The Bertz CT molecular complexity index is 565. The van der Waals surface area contributed by atoms with Crippen LogP contribution in [-0.2, 0) is 13.6 Å². The van der Waals surface area contributed by atoms with Gasteiger partial charge in [0.15, 0.2) is 0 Å². The molecular formula is C13H14IN3O. The van der Waals surface area contributed by atoms with Gasteiger partial charge in [0.2, 0.25) is 0 Å². The lowest BCUT2D eigenvalue weighted by Gasteiger charge is -2.17. The van der Waals surface area contributed by atoms with Gasteiger partial charge in [-0.2, -0.15) is 5.10 Å². The summed E-state index contributed by atoms with van der Waals surface area (Å²) < 4.78 is 2.71. The van der Waals surface area contributed by atoms with Crippen molar-refractivity contribution in [3.63, 3.8) is 0 Å². The summed E-state index contributed by atoms with van der Waals surface area (Å²) in [5, 5.41) is 4.10. The fourth-order valence-electron chi connectivity index (χ4n) is 1.74. The van der Waals surface area contributed by atoms with E-state index >= 15 is 0 Å². The monoisotopic (exact) mass is 355 g/mol. The second-order valence-electron chi connectivity index (χ2n) is 4.16. The van der Waals surface area contributed by atoms with Crippen molar-refractivity contribution >= 4 is 28.5 Å². The zero-order valence-electron chi connectivity index (χ0n) is 10.3. The van der Waals surface area contributed by atoms with Crippen LogP contribution in [0.15, 0.2) is 36.7 Å². The largest absolute Gasteiger partial charge is 0.337 e. The molecule has 2 aromatic rings. The molecule has 0 spiro atoms. The maximum absolute atomic E-state index is 12.3. The van der Waals surface area contributed by atoms with Crippen molar-refractivity contribution in [1.82, 2.24) is 14.7 Å². The van der Waals surface area contributed by atoms with Gasteiger partial charge in [-0.25, -0.2) is 0 Å². The van der Waals surface area contributed by atoms with E-state index < -0.39 is 0 Å². The first kappa shape index (κ1) is 13.1. The molecule has 0 saturated heterocycles. The van der Waals surface area contributed by atoms with Crippen molar-refractivity contribution in [3.8, 4) is 0 Å². The molecule has 1 amide bonds. The molecule has 2 rings (SSSR count). The molecular weight excluding hydrogens is 341 g/mol. The van der Waals surface area contributed by atoms with Crippen LogP contribution in [0.1, 0.15) is 15.9 Å². The Labute approximate surface area is 120 Å². The minimum Gasteiger partial charge on any atom is -0.337 e. The summed E-state index contributed by atoms with van der Waals surface area (Å²) in [6, 6.07) is 7.60. The summed E-state index contributed by atoms with van der Waals surface area (Å²) in [6.07, 6.45) is 3.69. The molecule has 0 aliphatic carbocycles. The third kappa shape index (κ3) is 2.90. The highest BCUT2D eigenvalue weighted by Gasteiger charge is 2.14. The van der Waals surface area contributed by atoms with Crippen molar-refractivity contribution in [2.75, 3.05) is 7.05 Å². The van der Waals surface area contributed by atoms with E-state index in [4.69, 9.17) is 0 Å². The molecule has 0 bridgehead atoms. The molecule has 0 N–H and O–H groups in total. The molecule has 94 valence electrons. The molecule has 1 heterocycles. The molecule has 0 unspecified atom stereocenters. The molecule has 0 aliphatic rings. The van der Waals surface area contributed by atoms with Gasteiger partial charge >= 0.3 is 0 Å². The average molecular weight is 355 g/mol. The number of hydrogen-bond acceptors (Lipinski definition) is 2. The lowest BCUT2D eigenvalue weighted by atomic mass is 10.2. The first-order valence-electron chi connectivity index (χ1n) is 5.55. The highest BCUT2D eigenvalue weighted by molar-refractivity contribution is 14.1. The van der Waals surface area contributed by atoms with Gasteiger partial charge in [-0.15, -0.1) is 0 Å². The summed E-state index contributed by atoms with van der Waals surface area (Å²) in [7, 11) is 3.67. The maximum Gasteiger partial charge on any atom is 0.254 e. The lowest BCUT2D eigenvalue weighted by molar-refractivity contribution is 0.0784. The lowest BCUT2D eigenvalue weighted by Crippen LogP contribution is -2.26. The Balaban J connectivity index is 2.12. The smallest absolute Gasteiger partial charge is 0.254 e. The molecule has 0 radical (unpaired) electrons. The van der Waals surface area contributed by atoms with E-state index in [9.17, 15) is 4.79 Å². The molecule has 1 aromatic heterocycles. The number of aryl methyl sites for hydroxylation is 1. The highest BCUT2D eigenvalue weighted by atomic mass is 127. The van der Waals surface area contributed by atoms with E-state index in [0.29, 0.717) is 6.54 Å². The Morgan fingerprint density at radius 2 is 2.17 bits per heavy atom. The minimum absolute atomic E-state index is 0.0313. The Morgan fingerprint density at radius 1 is 1.44 bits per heavy atom. The topological polar surface area (TPSA) is 38.1 Å². The Hall–Kier alpha value is -1.37. The first-order valence-corrected chi connectivity index (χ1v) is 6.63. The molecule has 0 atom stereocenters. The quantitative estimate of drug-likeness (QED) is 0.793. The number of aromatic nitrogens is 2. The number of halogens is 1. The molecule has 0 saturated carbocycles. The average Bonchev–Trinajstić information content (AvgIpc) is 2.74. The van der Waals surface area contributed by atoms with Gasteiger partial charge in [0.1, 0.15) is 0 Å². The van der Waals surface area contributed by atoms with E-state index in [-0.39, 0.29) is 5.91 Å². The fraction of sp³-hybridized carbons (Fsp3) is 0.231. The van der Waals surface area contributed by atoms with Crippen LogP contribution in [0.3, 0.4) is 0 Å². The number of nitrogens with zero attached hydrogens (tertiary/aromatic N) is 3. The number of carbonyl (C=O) groups excluding carboxylic acids is 1. The van der Waals surface area contributed by atoms with Gasteiger partial charge in [0.05, 0.1) is 11.8 Å². The second-order valence-corrected chi connectivity index (χ2v) is 5.33. The van der Waals surface area contributed by atoms with Crippen LogP contribution in [0.5, 0.6) is 0 Å². The predicted molar refractivity (Wildman–Crippen MR) is 78.2 cm³/mol. The van der Waals surface area contributed by atoms with Gasteiger partial charge in [-0.05, 0) is 34.7 Å². The van der Waals surface area contributed by atoms with Crippen molar-refractivity contribution in [2.45, 2.75) is 6.54 Å². The summed E-state index contributed by atoms with van der Waals surface area (Å²) in [5.74, 6) is 0.0313. The van der Waals surface area contributed by atoms with Crippen LogP contribution in [0.4, 0.5) is 0 Å². The van der Waals surface area contributed by atoms with Gasteiger partial charge in [0, 0.05) is 36.0 Å². The van der Waals surface area contributed by atoms with Crippen LogP contribution in [0.2, 0.25) is 0 Å². The summed E-state index contributed by atoms with van der Waals surface area (Å²) in [6.45, 7) is 0.567. The van der Waals surface area contributed by atoms with E-state index in [0.717, 1.165) is 14.7 Å². The van der Waals surface area contributed by atoms with Gasteiger partial charge in [-0.1, -0.05) is 12.1 Å². The van der Waals surface area contributed by atoms with Crippen molar-refractivity contribution in [3.05, 3.63) is 51.4 Å². The standard InChI is InChI=1S/C13H14IN3O/c1-16(8-10-7-15-17(2)9-10)13(18)11-5-3-4-6-12(11)14/h3-7,9H,8H2,1-2H3. The van der Waals surface area contributed by atoms with Gasteiger partial charge in [-0.3, -0.25) is 9.48 Å². The molecule has 18 heavy (non-hydrogen) atoms. The van der Waals surface area contributed by atoms with E-state index in [1.807, 2.05) is 37.5 Å². The first-order chi connectivity index (χ1) is 8.58. The SMILES string of the molecule is CN(Cc1cnn(C)c1)C(=O)c1ccccc1I. The van der Waals surface area contributed by atoms with Gasteiger partial charge in [0.25, 0.3) is 5.91 Å². The van der Waals surface area contributed by atoms with Crippen LogP contribution >= 0.6 is 22.6 Å². The highest BCUT2D eigenvalue weighted by Crippen LogP contribution is 2.14. The fourth-order valence-corrected chi connectivity index (χ4v) is 2.36. The normalized spacial score (nSPS) is 10.4. The van der Waals surface area contributed by atoms with Gasteiger partial charge < -0.3 is 4.90 Å². The van der Waals surface area contributed by atoms with Crippen molar-refractivity contribution in [2.24, 2.45) is 7.05 Å². The zero-order chi connectivity index (χ0) is 13.1. The Kier molecular flexibility index (Phi) is 4.00. The number of carbonyl (C=O) groups is 1. The van der Waals surface area contributed by atoms with Crippen LogP contribution < -0.4 is 0 Å². The summed E-state index contributed by atoms with van der Waals surface area (Å²) in [5.41, 5.74) is 1.77. The van der Waals surface area contributed by atoms with E-state index in [1.54, 1.807) is 22.8 Å². The van der Waals surface area contributed by atoms with Crippen LogP contribution in [0.25, 0.3) is 0 Å². The molecule has 0 fully saturated rings. The van der Waals surface area contributed by atoms with E-state index in [1.165, 1.54) is 0 Å². The molecule has 1 aromatic carbocycles. The predicted octanol–water partition coefficient (Wildman–Crippen LogP) is 2.30. The van der Waals surface area contributed by atoms with Crippen LogP contribution in [0, 0.1) is 3.57 Å². The number of rotatable bonds is 3. The summed E-state index contributed by atoms with van der Waals surface area (Å²) in [4.78, 5) is 14.0. The maximum atomic E-state index is 12.3. The Morgan fingerprint density at radius 3 is 2.78 bits per heavy atom. The van der Waals surface area contributed by atoms with Crippen LogP contribution in [-0.4, -0.2) is 27.6 Å². The number of hydrogen-bond donors (Lipinski definition) is 0. The van der Waals surface area contributed by atoms with Crippen molar-refractivity contribution < 1.29 is 4.79 Å². The zero-order valence-corrected chi connectivity index (χ0v) is 12.5. The summed E-state index contributed by atoms with van der Waals surface area (Å²) >= 11 is 2.18. The van der Waals surface area contributed by atoms with Crippen molar-refractivity contribution in [1.29, 1.82) is 0 Å². The molecule has 4 nitrogen and oxygen atoms in total. The van der Waals surface area contributed by atoms with E-state index in [2.05, 4.69) is 27.7 Å². The third-order valence-corrected chi connectivity index (χ3v) is 3.57. The second kappa shape index (κ2) is 5.51. The molecule has 5 heteroatoms. The third-order valence-electron chi connectivity index (χ3n) is 2.63. The number of amides is 1. The minimum atomic E-state index is 0.0313.